The summed E-state index contributed by atoms with van der Waals surface area (Å²) in [5.74, 6) is 1.46. The number of anilines is 3. The van der Waals surface area contributed by atoms with E-state index in [1.165, 1.54) is 18.4 Å². The zero-order chi connectivity index (χ0) is 15.6. The van der Waals surface area contributed by atoms with Gasteiger partial charge in [0.2, 0.25) is 5.95 Å². The third kappa shape index (κ3) is 3.18. The van der Waals surface area contributed by atoms with E-state index in [0.717, 1.165) is 30.5 Å². The second-order valence-electron chi connectivity index (χ2n) is 6.76. The molecule has 0 spiro atoms. The maximum Gasteiger partial charge on any atom is 0.247 e. The van der Waals surface area contributed by atoms with E-state index in [4.69, 9.17) is 0 Å². The van der Waals surface area contributed by atoms with Gasteiger partial charge in [-0.05, 0) is 29.9 Å². The van der Waals surface area contributed by atoms with E-state index in [1.807, 2.05) is 6.07 Å². The lowest BCUT2D eigenvalue weighted by Crippen LogP contribution is -2.21. The van der Waals surface area contributed by atoms with Crippen molar-refractivity contribution in [3.8, 4) is 0 Å². The maximum atomic E-state index is 4.61. The Labute approximate surface area is 131 Å². The molecular weight excluding hydrogens is 274 g/mol. The molecule has 0 amide bonds. The first-order chi connectivity index (χ1) is 10.5. The highest BCUT2D eigenvalue weighted by Crippen LogP contribution is 2.31. The van der Waals surface area contributed by atoms with Gasteiger partial charge in [-0.25, -0.2) is 0 Å². The maximum absolute atomic E-state index is 4.61. The molecule has 1 N–H and O–H groups in total. The normalized spacial score (nSPS) is 15.1. The first kappa shape index (κ1) is 14.8. The highest BCUT2D eigenvalue weighted by atomic mass is 15.3. The number of nitrogens with zero attached hydrogens (tertiary/aromatic N) is 4. The SMILES string of the molecule is CC(C)(C)c1ccccc1Nc1cnnc(N2CCCC2)n1. The topological polar surface area (TPSA) is 53.9 Å². The molecule has 116 valence electrons. The van der Waals surface area contributed by atoms with Crippen LogP contribution in [0.3, 0.4) is 0 Å². The molecule has 0 atom stereocenters. The van der Waals surface area contributed by atoms with Gasteiger partial charge in [-0.15, -0.1) is 5.10 Å². The Bertz CT molecular complexity index is 641. The third-order valence-electron chi connectivity index (χ3n) is 3.93. The van der Waals surface area contributed by atoms with Crippen LogP contribution in [0.4, 0.5) is 17.5 Å². The number of benzene rings is 1. The molecule has 5 heteroatoms. The van der Waals surface area contributed by atoms with Gasteiger partial charge in [0, 0.05) is 18.8 Å². The molecule has 1 aromatic carbocycles. The number of para-hydroxylation sites is 1. The summed E-state index contributed by atoms with van der Waals surface area (Å²) in [4.78, 5) is 6.80. The number of aromatic nitrogens is 3. The number of hydrogen-bond donors (Lipinski definition) is 1. The van der Waals surface area contributed by atoms with E-state index < -0.39 is 0 Å². The minimum atomic E-state index is 0.0713. The van der Waals surface area contributed by atoms with E-state index in [0.29, 0.717) is 0 Å². The second-order valence-corrected chi connectivity index (χ2v) is 6.76. The summed E-state index contributed by atoms with van der Waals surface area (Å²) in [5.41, 5.74) is 2.40. The van der Waals surface area contributed by atoms with Crippen LogP contribution < -0.4 is 10.2 Å². The second kappa shape index (κ2) is 5.91. The molecule has 0 aliphatic carbocycles. The Morgan fingerprint density at radius 3 is 2.55 bits per heavy atom. The lowest BCUT2D eigenvalue weighted by molar-refractivity contribution is 0.592. The van der Waals surface area contributed by atoms with Crippen LogP contribution in [0, 0.1) is 0 Å². The highest BCUT2D eigenvalue weighted by Gasteiger charge is 2.19. The molecule has 1 saturated heterocycles. The Hall–Kier alpha value is -2.17. The quantitative estimate of drug-likeness (QED) is 0.939. The van der Waals surface area contributed by atoms with Crippen LogP contribution in [0.25, 0.3) is 0 Å². The molecule has 0 radical (unpaired) electrons. The van der Waals surface area contributed by atoms with Gasteiger partial charge in [-0.1, -0.05) is 39.0 Å². The molecule has 2 heterocycles. The highest BCUT2D eigenvalue weighted by molar-refractivity contribution is 5.62. The van der Waals surface area contributed by atoms with Crippen molar-refractivity contribution in [2.24, 2.45) is 0 Å². The van der Waals surface area contributed by atoms with Crippen molar-refractivity contribution in [3.63, 3.8) is 0 Å². The van der Waals surface area contributed by atoms with Crippen LogP contribution in [0.2, 0.25) is 0 Å². The van der Waals surface area contributed by atoms with Crippen molar-refractivity contribution in [2.45, 2.75) is 39.0 Å². The van der Waals surface area contributed by atoms with E-state index in [9.17, 15) is 0 Å². The van der Waals surface area contributed by atoms with E-state index >= 15 is 0 Å². The van der Waals surface area contributed by atoms with Crippen LogP contribution in [0.1, 0.15) is 39.2 Å². The van der Waals surface area contributed by atoms with Crippen LogP contribution in [-0.4, -0.2) is 28.3 Å². The zero-order valence-electron chi connectivity index (χ0n) is 13.5. The van der Waals surface area contributed by atoms with Gasteiger partial charge in [-0.3, -0.25) is 0 Å². The fourth-order valence-corrected chi connectivity index (χ4v) is 2.79. The van der Waals surface area contributed by atoms with Crippen molar-refractivity contribution < 1.29 is 0 Å². The zero-order valence-corrected chi connectivity index (χ0v) is 13.5. The number of hydrogen-bond acceptors (Lipinski definition) is 5. The average Bonchev–Trinajstić information content (AvgIpc) is 3.01. The third-order valence-corrected chi connectivity index (χ3v) is 3.93. The molecule has 0 bridgehead atoms. The largest absolute Gasteiger partial charge is 0.339 e. The molecule has 1 aromatic heterocycles. The number of nitrogens with one attached hydrogen (secondary N) is 1. The van der Waals surface area contributed by atoms with Crippen molar-refractivity contribution in [2.75, 3.05) is 23.3 Å². The van der Waals surface area contributed by atoms with Crippen molar-refractivity contribution in [3.05, 3.63) is 36.0 Å². The Balaban J connectivity index is 1.86. The summed E-state index contributed by atoms with van der Waals surface area (Å²) in [6.45, 7) is 8.66. The summed E-state index contributed by atoms with van der Waals surface area (Å²) in [6.07, 6.45) is 4.08. The average molecular weight is 297 g/mol. The van der Waals surface area contributed by atoms with Crippen molar-refractivity contribution >= 4 is 17.5 Å². The Morgan fingerprint density at radius 2 is 1.82 bits per heavy atom. The lowest BCUT2D eigenvalue weighted by Gasteiger charge is -2.23. The van der Waals surface area contributed by atoms with Crippen LogP contribution >= 0.6 is 0 Å². The van der Waals surface area contributed by atoms with E-state index in [-0.39, 0.29) is 5.41 Å². The van der Waals surface area contributed by atoms with Crippen LogP contribution in [-0.2, 0) is 5.41 Å². The minimum Gasteiger partial charge on any atom is -0.339 e. The molecule has 2 aromatic rings. The molecule has 5 nitrogen and oxygen atoms in total. The van der Waals surface area contributed by atoms with Gasteiger partial charge in [0.1, 0.15) is 0 Å². The van der Waals surface area contributed by atoms with Gasteiger partial charge < -0.3 is 10.2 Å². The molecular formula is C17H23N5. The van der Waals surface area contributed by atoms with Gasteiger partial charge in [0.25, 0.3) is 0 Å². The Kier molecular flexibility index (Phi) is 3.96. The molecule has 3 rings (SSSR count). The monoisotopic (exact) mass is 297 g/mol. The Morgan fingerprint density at radius 1 is 1.09 bits per heavy atom. The van der Waals surface area contributed by atoms with Crippen molar-refractivity contribution in [1.82, 2.24) is 15.2 Å². The molecule has 1 aliphatic heterocycles. The molecule has 1 fully saturated rings. The fraction of sp³-hybridized carbons (Fsp3) is 0.471. The summed E-state index contributed by atoms with van der Waals surface area (Å²) in [7, 11) is 0. The molecule has 0 saturated carbocycles. The van der Waals surface area contributed by atoms with E-state index in [2.05, 4.69) is 64.4 Å². The lowest BCUT2D eigenvalue weighted by atomic mass is 9.86. The van der Waals surface area contributed by atoms with Crippen LogP contribution in [0.15, 0.2) is 30.5 Å². The minimum absolute atomic E-state index is 0.0713. The predicted octanol–water partition coefficient (Wildman–Crippen LogP) is 3.51. The van der Waals surface area contributed by atoms with Crippen LogP contribution in [0.5, 0.6) is 0 Å². The predicted molar refractivity (Wildman–Crippen MR) is 89.7 cm³/mol. The van der Waals surface area contributed by atoms with E-state index in [1.54, 1.807) is 6.20 Å². The van der Waals surface area contributed by atoms with Gasteiger partial charge in [-0.2, -0.15) is 10.1 Å². The van der Waals surface area contributed by atoms with Gasteiger partial charge >= 0.3 is 0 Å². The summed E-state index contributed by atoms with van der Waals surface area (Å²) >= 11 is 0. The van der Waals surface area contributed by atoms with Gasteiger partial charge in [0.05, 0.1) is 6.20 Å². The first-order valence-electron chi connectivity index (χ1n) is 7.85. The number of rotatable bonds is 3. The molecule has 1 aliphatic rings. The standard InChI is InChI=1S/C17H23N5/c1-17(2,3)13-8-4-5-9-14(13)19-15-12-18-21-16(20-15)22-10-6-7-11-22/h4-5,8-9,12H,6-7,10-11H2,1-3H3,(H,19,20,21). The summed E-state index contributed by atoms with van der Waals surface area (Å²) in [6, 6.07) is 8.34. The molecule has 22 heavy (non-hydrogen) atoms. The van der Waals surface area contributed by atoms with Crippen molar-refractivity contribution in [1.29, 1.82) is 0 Å². The fourth-order valence-electron chi connectivity index (χ4n) is 2.79. The smallest absolute Gasteiger partial charge is 0.247 e. The first-order valence-corrected chi connectivity index (χ1v) is 7.85. The summed E-state index contributed by atoms with van der Waals surface area (Å²) < 4.78 is 0. The molecule has 0 unspecified atom stereocenters. The van der Waals surface area contributed by atoms with Gasteiger partial charge in [0.15, 0.2) is 5.82 Å². The summed E-state index contributed by atoms with van der Waals surface area (Å²) in [5, 5.41) is 11.7.